The summed E-state index contributed by atoms with van der Waals surface area (Å²) < 4.78 is 11.3. The third-order valence-electron chi connectivity index (χ3n) is 11.0. The zero-order chi connectivity index (χ0) is 35.9. The van der Waals surface area contributed by atoms with Gasteiger partial charge in [-0.3, -0.25) is 48.9 Å². The minimum absolute atomic E-state index is 0.00698. The van der Waals surface area contributed by atoms with Crippen LogP contribution in [-0.4, -0.2) is 127 Å². The van der Waals surface area contributed by atoms with Crippen LogP contribution < -0.4 is 16.0 Å². The van der Waals surface area contributed by atoms with Crippen LogP contribution in [0.15, 0.2) is 36.7 Å². The quantitative estimate of drug-likeness (QED) is 0.177. The summed E-state index contributed by atoms with van der Waals surface area (Å²) in [7, 11) is 3.90. The molecule has 6 aliphatic rings. The van der Waals surface area contributed by atoms with Crippen LogP contribution in [0.2, 0.25) is 0 Å². The Labute approximate surface area is 295 Å². The Bertz CT molecular complexity index is 1760. The molecule has 8 rings (SSSR count). The summed E-state index contributed by atoms with van der Waals surface area (Å²) in [5, 5.41) is 8.36. The number of carbonyl (C=O) groups is 6. The van der Waals surface area contributed by atoms with Crippen molar-refractivity contribution in [2.45, 2.75) is 50.7 Å². The number of rotatable bonds is 15. The lowest BCUT2D eigenvalue weighted by molar-refractivity contribution is -0.216. The van der Waals surface area contributed by atoms with Gasteiger partial charge in [0.1, 0.15) is 6.04 Å². The van der Waals surface area contributed by atoms with Crippen molar-refractivity contribution in [1.82, 2.24) is 30.3 Å². The van der Waals surface area contributed by atoms with Gasteiger partial charge in [-0.1, -0.05) is 6.07 Å². The Morgan fingerprint density at radius 1 is 0.980 bits per heavy atom. The average Bonchev–Trinajstić information content (AvgIpc) is 3.33. The van der Waals surface area contributed by atoms with E-state index in [0.717, 1.165) is 42.7 Å². The number of anilines is 1. The molecule has 2 bridgehead atoms. The first kappa shape index (κ1) is 34.7. The fourth-order valence-electron chi connectivity index (χ4n) is 8.61. The van der Waals surface area contributed by atoms with Crippen molar-refractivity contribution >= 4 is 41.1 Å². The van der Waals surface area contributed by atoms with Gasteiger partial charge in [0, 0.05) is 57.6 Å². The second-order valence-electron chi connectivity index (χ2n) is 14.4. The molecule has 3 aliphatic carbocycles. The minimum atomic E-state index is -1.02. The molecule has 1 aromatic heterocycles. The molecule has 3 saturated carbocycles. The number of aromatic nitrogens is 1. The number of likely N-dealkylation sites (N-methyl/N-ethyl adjacent to an activating group) is 2. The Hall–Kier alpha value is -4.73. The monoisotopic (exact) mass is 701 g/mol. The number of hydrogen-bond acceptors (Lipinski definition) is 11. The van der Waals surface area contributed by atoms with E-state index in [2.05, 4.69) is 32.9 Å². The molecule has 270 valence electrons. The lowest BCUT2D eigenvalue weighted by atomic mass is 9.34. The van der Waals surface area contributed by atoms with Gasteiger partial charge in [0.15, 0.2) is 0 Å². The smallest absolute Gasteiger partial charge is 0.264 e. The van der Waals surface area contributed by atoms with Crippen molar-refractivity contribution in [3.63, 3.8) is 0 Å². The highest BCUT2D eigenvalue weighted by molar-refractivity contribution is 6.25. The first-order chi connectivity index (χ1) is 24.5. The van der Waals surface area contributed by atoms with Gasteiger partial charge >= 0.3 is 0 Å². The first-order valence-electron chi connectivity index (χ1n) is 17.5. The maximum Gasteiger partial charge on any atom is 0.264 e. The van der Waals surface area contributed by atoms with E-state index in [0.29, 0.717) is 50.8 Å². The molecule has 6 amide bonds. The van der Waals surface area contributed by atoms with Crippen LogP contribution in [0.5, 0.6) is 0 Å². The maximum atomic E-state index is 13.2. The Morgan fingerprint density at radius 3 is 2.47 bits per heavy atom. The number of imide groups is 2. The number of benzene rings is 1. The van der Waals surface area contributed by atoms with Crippen LogP contribution >= 0.6 is 0 Å². The Kier molecular flexibility index (Phi) is 9.37. The number of hydrogen-bond donors (Lipinski definition) is 3. The van der Waals surface area contributed by atoms with Crippen LogP contribution in [-0.2, 0) is 30.3 Å². The fraction of sp³-hybridized carbons (Fsp3) is 0.528. The van der Waals surface area contributed by atoms with E-state index in [-0.39, 0.29) is 52.8 Å². The minimum Gasteiger partial charge on any atom is -0.382 e. The number of piperidine rings is 1. The molecular weight excluding hydrogens is 658 g/mol. The summed E-state index contributed by atoms with van der Waals surface area (Å²) in [4.78, 5) is 85.0. The summed E-state index contributed by atoms with van der Waals surface area (Å²) in [5.74, 6) is -2.12. The van der Waals surface area contributed by atoms with E-state index in [1.807, 2.05) is 13.1 Å². The SMILES string of the molecule is CN(CC12CC(C(=O)NCCOCCOCCNc3cccc4c3C(=O)N(C3CCC(=O)NC3=O)C4=O)(C1)C2)C1Cc2ccncc2C(=O)N1C. The molecule has 3 aliphatic heterocycles. The molecule has 0 radical (unpaired) electrons. The predicted octanol–water partition coefficient (Wildman–Crippen LogP) is 0.801. The lowest BCUT2D eigenvalue weighted by Crippen LogP contribution is -2.71. The summed E-state index contributed by atoms with van der Waals surface area (Å²) in [5.41, 5.74) is 2.42. The molecule has 0 spiro atoms. The average molecular weight is 702 g/mol. The molecule has 2 aromatic rings. The Morgan fingerprint density at radius 2 is 1.73 bits per heavy atom. The molecule has 51 heavy (non-hydrogen) atoms. The van der Waals surface area contributed by atoms with Gasteiger partial charge < -0.3 is 25.0 Å². The van der Waals surface area contributed by atoms with Crippen LogP contribution in [0.25, 0.3) is 0 Å². The van der Waals surface area contributed by atoms with Gasteiger partial charge in [0.25, 0.3) is 17.7 Å². The number of ether oxygens (including phenoxy) is 2. The van der Waals surface area contributed by atoms with Crippen molar-refractivity contribution < 1.29 is 38.2 Å². The van der Waals surface area contributed by atoms with Crippen LogP contribution in [0.4, 0.5) is 5.69 Å². The summed E-state index contributed by atoms with van der Waals surface area (Å²) in [6, 6.07) is 5.81. The van der Waals surface area contributed by atoms with E-state index in [9.17, 15) is 28.8 Å². The van der Waals surface area contributed by atoms with Gasteiger partial charge in [-0.2, -0.15) is 0 Å². The van der Waals surface area contributed by atoms with E-state index in [4.69, 9.17) is 9.47 Å². The van der Waals surface area contributed by atoms with E-state index in [1.54, 1.807) is 35.5 Å². The number of nitrogens with one attached hydrogen (secondary N) is 3. The second-order valence-corrected chi connectivity index (χ2v) is 14.4. The molecule has 15 heteroatoms. The van der Waals surface area contributed by atoms with Crippen LogP contribution in [0, 0.1) is 10.8 Å². The summed E-state index contributed by atoms with van der Waals surface area (Å²) in [6.07, 6.45) is 6.85. The standard InChI is InChI=1S/C36H43N7O8/c1-41(28-16-22-8-9-37-17-24(22)31(46)42(28)2)21-35-18-36(19-35,20-35)34(49)39-11-13-51-15-14-50-12-10-38-25-5-3-4-23-29(25)33(48)43(32(23)47)26-6-7-27(44)40-30(26)45/h3-5,8-9,17,26,28,38H,6-7,10-16,18-21H2,1-2H3,(H,39,49)(H,40,44,45). The fourth-order valence-corrected chi connectivity index (χ4v) is 8.61. The van der Waals surface area contributed by atoms with Crippen molar-refractivity contribution in [1.29, 1.82) is 0 Å². The van der Waals surface area contributed by atoms with Gasteiger partial charge in [0.2, 0.25) is 17.7 Å². The zero-order valence-electron chi connectivity index (χ0n) is 28.9. The van der Waals surface area contributed by atoms with Crippen molar-refractivity contribution in [3.8, 4) is 0 Å². The van der Waals surface area contributed by atoms with Crippen molar-refractivity contribution in [3.05, 3.63) is 58.9 Å². The normalized spacial score (nSPS) is 26.4. The highest BCUT2D eigenvalue weighted by Crippen LogP contribution is 2.73. The third-order valence-corrected chi connectivity index (χ3v) is 11.0. The second kappa shape index (κ2) is 13.8. The summed E-state index contributed by atoms with van der Waals surface area (Å²) in [6.45, 7) is 3.01. The zero-order valence-corrected chi connectivity index (χ0v) is 28.9. The van der Waals surface area contributed by atoms with E-state index < -0.39 is 29.7 Å². The molecule has 15 nitrogen and oxygen atoms in total. The number of nitrogens with zero attached hydrogens (tertiary/aromatic N) is 4. The van der Waals surface area contributed by atoms with Crippen LogP contribution in [0.1, 0.15) is 68.7 Å². The molecule has 2 atom stereocenters. The highest BCUT2D eigenvalue weighted by Gasteiger charge is 2.71. The third kappa shape index (κ3) is 6.38. The molecule has 4 fully saturated rings. The number of fused-ring (bicyclic) bond motifs is 2. The van der Waals surface area contributed by atoms with Crippen LogP contribution in [0.3, 0.4) is 0 Å². The molecule has 2 unspecified atom stereocenters. The maximum absolute atomic E-state index is 13.2. The molecule has 4 heterocycles. The molecule has 3 N–H and O–H groups in total. The van der Waals surface area contributed by atoms with Gasteiger partial charge in [-0.25, -0.2) is 0 Å². The number of amides is 6. The largest absolute Gasteiger partial charge is 0.382 e. The lowest BCUT2D eigenvalue weighted by Gasteiger charge is -2.70. The molecular formula is C36H43N7O8. The van der Waals surface area contributed by atoms with Gasteiger partial charge in [-0.15, -0.1) is 0 Å². The molecule has 1 aromatic carbocycles. The summed E-state index contributed by atoms with van der Waals surface area (Å²) >= 11 is 0. The van der Waals surface area contributed by atoms with E-state index in [1.165, 1.54) is 0 Å². The topological polar surface area (TPSA) is 180 Å². The van der Waals surface area contributed by atoms with Gasteiger partial charge in [-0.05, 0) is 61.9 Å². The van der Waals surface area contributed by atoms with Gasteiger partial charge in [0.05, 0.1) is 54.7 Å². The number of carbonyl (C=O) groups excluding carboxylic acids is 6. The van der Waals surface area contributed by atoms with Crippen molar-refractivity contribution in [2.75, 3.05) is 65.5 Å². The first-order valence-corrected chi connectivity index (χ1v) is 17.5. The number of pyridine rings is 1. The van der Waals surface area contributed by atoms with E-state index >= 15 is 0 Å². The Balaban J connectivity index is 0.758. The molecule has 1 saturated heterocycles. The van der Waals surface area contributed by atoms with Crippen molar-refractivity contribution in [2.24, 2.45) is 10.8 Å². The highest BCUT2D eigenvalue weighted by atomic mass is 16.5. The predicted molar refractivity (Wildman–Crippen MR) is 181 cm³/mol.